The highest BCUT2D eigenvalue weighted by Gasteiger charge is 2.44. The van der Waals surface area contributed by atoms with Gasteiger partial charge in [0.1, 0.15) is 6.10 Å². The maximum Gasteiger partial charge on any atom is 0.407 e. The van der Waals surface area contributed by atoms with Crippen molar-refractivity contribution in [2.45, 2.75) is 125 Å². The van der Waals surface area contributed by atoms with Gasteiger partial charge in [0, 0.05) is 18.7 Å². The third kappa shape index (κ3) is 13.7. The molecule has 1 amide bonds. The monoisotopic (exact) mass is 868 g/mol. The van der Waals surface area contributed by atoms with Crippen LogP contribution >= 0.6 is 0 Å². The number of fused-ring (bicyclic) bond motifs is 1. The summed E-state index contributed by atoms with van der Waals surface area (Å²) >= 11 is 0. The number of hydrogen-bond acceptors (Lipinski definition) is 13. The molecule has 61 heavy (non-hydrogen) atoms. The van der Waals surface area contributed by atoms with E-state index in [0.717, 1.165) is 43.7 Å². The number of ether oxygens (including phenoxy) is 3. The SMILES string of the molecule is C[C@@H](Cc1ccccc1)[C@H](O)CNOC1CCCC1.O=C(N[C@@H](Cc1ccccc1)C(O)CN(OC1CCCC1)S(=O)(=O)c1cccc([N+](=O)[O-])c1)OC1COC2OCCC12. The lowest BCUT2D eigenvalue weighted by Crippen LogP contribution is -2.51. The molecule has 3 aromatic rings. The molecule has 0 aromatic heterocycles. The number of nitrogens with one attached hydrogen (secondary N) is 2. The van der Waals surface area contributed by atoms with Crippen molar-refractivity contribution in [3.63, 3.8) is 0 Å². The van der Waals surface area contributed by atoms with Crippen molar-refractivity contribution < 1.29 is 52.2 Å². The van der Waals surface area contributed by atoms with Gasteiger partial charge in [-0.1, -0.05) is 104 Å². The van der Waals surface area contributed by atoms with E-state index >= 15 is 0 Å². The summed E-state index contributed by atoms with van der Waals surface area (Å²) in [4.78, 5) is 34.8. The van der Waals surface area contributed by atoms with Crippen LogP contribution in [0.5, 0.6) is 0 Å². The summed E-state index contributed by atoms with van der Waals surface area (Å²) in [6, 6.07) is 23.1. The van der Waals surface area contributed by atoms with E-state index in [9.17, 15) is 33.5 Å². The number of nitro benzene ring substituents is 1. The van der Waals surface area contributed by atoms with Crippen LogP contribution in [-0.4, -0.2) is 103 Å². The highest BCUT2D eigenvalue weighted by Crippen LogP contribution is 2.33. The number of amides is 1. The number of alkyl carbamates (subject to hydrolysis) is 1. The van der Waals surface area contributed by atoms with E-state index < -0.39 is 63.9 Å². The van der Waals surface area contributed by atoms with Crippen molar-refractivity contribution in [1.82, 2.24) is 15.3 Å². The molecule has 334 valence electrons. The predicted octanol–water partition coefficient (Wildman–Crippen LogP) is 5.61. The number of benzene rings is 3. The molecule has 4 N–H and O–H groups in total. The Labute approximate surface area is 358 Å². The van der Waals surface area contributed by atoms with Crippen LogP contribution in [0, 0.1) is 22.0 Å². The molecule has 0 radical (unpaired) electrons. The van der Waals surface area contributed by atoms with Gasteiger partial charge in [-0.2, -0.15) is 5.48 Å². The largest absolute Gasteiger partial charge is 0.443 e. The first-order valence-corrected chi connectivity index (χ1v) is 22.9. The van der Waals surface area contributed by atoms with E-state index in [4.69, 9.17) is 23.9 Å². The van der Waals surface area contributed by atoms with E-state index in [1.165, 1.54) is 36.6 Å². The Hall–Kier alpha value is -4.04. The van der Waals surface area contributed by atoms with Crippen LogP contribution < -0.4 is 10.8 Å². The summed E-state index contributed by atoms with van der Waals surface area (Å²) in [5.74, 6) is 0.144. The van der Waals surface area contributed by atoms with Gasteiger partial charge in [0.05, 0.1) is 66.0 Å². The standard InChI is InChI=1S/C28H35N3O10S.C16H25NO2/c32-25(17-30(41-21-10-4-5-11-21)42(36,37)22-12-6-9-20(16-22)31(34)35)24(15-19-7-2-1-3-8-19)29-28(33)40-26-18-39-27-23(26)13-14-38-27;1-13(11-14-7-3-2-4-8-14)16(18)12-17-19-15-9-5-6-10-15/h1-3,6-9,12,16,21,23-27,32H,4-5,10-11,13-15,17-18H2,(H,29,33);2-4,7-8,13,15-18H,5-6,9-12H2,1H3/t23?,24-,25?,26?,27?;13-,16+/m00/s1. The van der Waals surface area contributed by atoms with E-state index in [2.05, 4.69) is 29.9 Å². The molecule has 16 nitrogen and oxygen atoms in total. The summed E-state index contributed by atoms with van der Waals surface area (Å²) in [6.07, 6.45) is 5.99. The lowest BCUT2D eigenvalue weighted by Gasteiger charge is -2.30. The molecule has 0 spiro atoms. The van der Waals surface area contributed by atoms with E-state index in [-0.39, 0.29) is 35.9 Å². The zero-order valence-corrected chi connectivity index (χ0v) is 35.5. The second-order valence-electron chi connectivity index (χ2n) is 16.3. The van der Waals surface area contributed by atoms with Gasteiger partial charge in [0.2, 0.25) is 0 Å². The Balaban J connectivity index is 0.000000273. The van der Waals surface area contributed by atoms with Crippen molar-refractivity contribution in [1.29, 1.82) is 0 Å². The molecule has 7 rings (SSSR count). The molecule has 2 saturated carbocycles. The summed E-state index contributed by atoms with van der Waals surface area (Å²) in [5, 5.41) is 35.6. The minimum atomic E-state index is -4.43. The molecular weight excluding hydrogens is 809 g/mol. The molecule has 4 aliphatic rings. The first-order valence-electron chi connectivity index (χ1n) is 21.4. The fraction of sp³-hybridized carbons (Fsp3) is 0.568. The van der Waals surface area contributed by atoms with Gasteiger partial charge in [-0.05, 0) is 68.1 Å². The number of hydroxylamine groups is 2. The van der Waals surface area contributed by atoms with Crippen LogP contribution in [0.15, 0.2) is 89.8 Å². The van der Waals surface area contributed by atoms with Gasteiger partial charge >= 0.3 is 6.09 Å². The van der Waals surface area contributed by atoms with Gasteiger partial charge in [0.25, 0.3) is 15.7 Å². The number of rotatable bonds is 19. The quantitative estimate of drug-likeness (QED) is 0.0855. The summed E-state index contributed by atoms with van der Waals surface area (Å²) < 4.78 is 44.8. The van der Waals surface area contributed by atoms with Gasteiger partial charge in [0.15, 0.2) is 6.29 Å². The number of carbonyl (C=O) groups excluding carboxylic acids is 1. The average Bonchev–Trinajstić information content (AvgIpc) is 4.11. The Kier molecular flexibility index (Phi) is 17.4. The fourth-order valence-corrected chi connectivity index (χ4v) is 9.45. The fourth-order valence-electron chi connectivity index (χ4n) is 8.12. The van der Waals surface area contributed by atoms with Crippen molar-refractivity contribution in [3.05, 3.63) is 106 Å². The summed E-state index contributed by atoms with van der Waals surface area (Å²) in [5.41, 5.74) is 4.61. The normalized spacial score (nSPS) is 22.5. The molecule has 2 heterocycles. The van der Waals surface area contributed by atoms with E-state index in [0.29, 0.717) is 43.0 Å². The molecule has 4 fully saturated rings. The third-order valence-corrected chi connectivity index (χ3v) is 13.3. The predicted molar refractivity (Wildman–Crippen MR) is 224 cm³/mol. The second-order valence-corrected chi connectivity index (χ2v) is 18.2. The first-order chi connectivity index (χ1) is 29.5. The summed E-state index contributed by atoms with van der Waals surface area (Å²) in [6.45, 7) is 2.75. The van der Waals surface area contributed by atoms with E-state index in [1.54, 1.807) is 0 Å². The van der Waals surface area contributed by atoms with Crippen molar-refractivity contribution in [3.8, 4) is 0 Å². The Bertz CT molecular complexity index is 1920. The number of nitrogens with zero attached hydrogens (tertiary/aromatic N) is 2. The molecule has 2 aliphatic heterocycles. The van der Waals surface area contributed by atoms with Gasteiger partial charge in [-0.15, -0.1) is 0 Å². The van der Waals surface area contributed by atoms with Crippen molar-refractivity contribution in [2.24, 2.45) is 11.8 Å². The lowest BCUT2D eigenvalue weighted by atomic mass is 9.96. The number of aliphatic hydroxyl groups excluding tert-OH is 2. The van der Waals surface area contributed by atoms with Crippen LogP contribution in [0.25, 0.3) is 0 Å². The third-order valence-electron chi connectivity index (χ3n) is 11.7. The average molecular weight is 869 g/mol. The molecule has 4 unspecified atom stereocenters. The number of nitro groups is 1. The highest BCUT2D eigenvalue weighted by atomic mass is 32.2. The smallest absolute Gasteiger partial charge is 0.407 e. The maximum absolute atomic E-state index is 13.7. The molecule has 0 bridgehead atoms. The van der Waals surface area contributed by atoms with Gasteiger partial charge in [-0.25, -0.2) is 13.2 Å². The minimum Gasteiger partial charge on any atom is -0.443 e. The molecule has 3 aromatic carbocycles. The molecular formula is C44H60N4O12S. The number of aliphatic hydroxyl groups is 2. The van der Waals surface area contributed by atoms with Crippen LogP contribution in [0.1, 0.15) is 75.8 Å². The zero-order chi connectivity index (χ0) is 43.2. The summed E-state index contributed by atoms with van der Waals surface area (Å²) in [7, 11) is -4.43. The van der Waals surface area contributed by atoms with Crippen LogP contribution in [0.2, 0.25) is 0 Å². The molecule has 17 heteroatoms. The topological polar surface area (TPSA) is 208 Å². The molecule has 2 aliphatic carbocycles. The zero-order valence-electron chi connectivity index (χ0n) is 34.7. The number of sulfonamides is 1. The minimum absolute atomic E-state index is 0.0800. The molecule has 2 saturated heterocycles. The first kappa shape index (κ1) is 46.5. The maximum atomic E-state index is 13.7. The van der Waals surface area contributed by atoms with E-state index in [1.807, 2.05) is 48.5 Å². The highest BCUT2D eigenvalue weighted by molar-refractivity contribution is 7.89. The van der Waals surface area contributed by atoms with Crippen LogP contribution in [0.3, 0.4) is 0 Å². The Morgan fingerprint density at radius 2 is 1.51 bits per heavy atom. The Morgan fingerprint density at radius 1 is 0.869 bits per heavy atom. The van der Waals surface area contributed by atoms with Crippen molar-refractivity contribution in [2.75, 3.05) is 26.3 Å². The number of non-ortho nitro benzene ring substituents is 1. The second kappa shape index (κ2) is 22.9. The van der Waals surface area contributed by atoms with Gasteiger partial charge < -0.3 is 29.7 Å². The van der Waals surface area contributed by atoms with Gasteiger partial charge in [-0.3, -0.25) is 19.8 Å². The number of hydrogen-bond donors (Lipinski definition) is 4. The Morgan fingerprint density at radius 3 is 2.16 bits per heavy atom. The van der Waals surface area contributed by atoms with Crippen LogP contribution in [0.4, 0.5) is 10.5 Å². The number of carbonyl (C=O) groups is 1. The van der Waals surface area contributed by atoms with Crippen LogP contribution in [-0.2, 0) is 46.8 Å². The molecule has 7 atom stereocenters. The lowest BCUT2D eigenvalue weighted by molar-refractivity contribution is -0.385. The van der Waals surface area contributed by atoms with Crippen molar-refractivity contribution >= 4 is 21.8 Å².